The van der Waals surface area contributed by atoms with Crippen LogP contribution in [0, 0.1) is 5.92 Å². The molecule has 0 spiro atoms. The lowest BCUT2D eigenvalue weighted by Crippen LogP contribution is -2.38. The van der Waals surface area contributed by atoms with Gasteiger partial charge in [-0.1, -0.05) is 28.1 Å². The topological polar surface area (TPSA) is 55.7 Å². The lowest BCUT2D eigenvalue weighted by Gasteiger charge is -2.34. The van der Waals surface area contributed by atoms with Crippen LogP contribution in [0.5, 0.6) is 0 Å². The minimum absolute atomic E-state index is 0.104. The van der Waals surface area contributed by atoms with Crippen molar-refractivity contribution in [2.24, 2.45) is 10.9 Å². The number of aliphatic imine (C=N–C) groups is 1. The number of ketones is 1. The highest BCUT2D eigenvalue weighted by Gasteiger charge is 2.43. The van der Waals surface area contributed by atoms with Crippen LogP contribution in [0.2, 0.25) is 0 Å². The van der Waals surface area contributed by atoms with E-state index in [1.807, 2.05) is 45.0 Å². The molecule has 1 aromatic carbocycles. The first kappa shape index (κ1) is 18.1. The molecule has 1 aliphatic carbocycles. The molecule has 0 amide bonds. The molecule has 0 saturated heterocycles. The van der Waals surface area contributed by atoms with Gasteiger partial charge in [-0.05, 0) is 51.3 Å². The minimum Gasteiger partial charge on any atom is -0.462 e. The molecular formula is C20H22BrNO3. The van der Waals surface area contributed by atoms with Gasteiger partial charge in [0.25, 0.3) is 0 Å². The number of hydrogen-bond acceptors (Lipinski definition) is 4. The first-order valence-corrected chi connectivity index (χ1v) is 9.45. The predicted molar refractivity (Wildman–Crippen MR) is 101 cm³/mol. The molecule has 3 rings (SSSR count). The lowest BCUT2D eigenvalue weighted by atomic mass is 9.72. The van der Waals surface area contributed by atoms with Crippen molar-refractivity contribution in [1.29, 1.82) is 0 Å². The van der Waals surface area contributed by atoms with Crippen LogP contribution in [0.3, 0.4) is 0 Å². The molecule has 0 N–H and O–H groups in total. The van der Waals surface area contributed by atoms with Crippen molar-refractivity contribution >= 4 is 33.4 Å². The average Bonchev–Trinajstić information content (AvgIpc) is 2.53. The Labute approximate surface area is 156 Å². The number of Topliss-reactive ketones (excluding diaryl/α,β-unsaturated/α-hetero) is 1. The molecule has 0 fully saturated rings. The summed E-state index contributed by atoms with van der Waals surface area (Å²) in [6.07, 6.45) is 1.93. The average molecular weight is 404 g/mol. The summed E-state index contributed by atoms with van der Waals surface area (Å²) < 4.78 is 6.45. The molecule has 1 aliphatic heterocycles. The summed E-state index contributed by atoms with van der Waals surface area (Å²) in [6.45, 7) is 5.53. The molecule has 5 heteroatoms. The summed E-state index contributed by atoms with van der Waals surface area (Å²) in [6, 6.07) is 7.81. The van der Waals surface area contributed by atoms with E-state index < -0.39 is 5.92 Å². The van der Waals surface area contributed by atoms with Crippen molar-refractivity contribution < 1.29 is 14.3 Å². The van der Waals surface area contributed by atoms with Crippen LogP contribution in [0.25, 0.3) is 0 Å². The Hall–Kier alpha value is -1.75. The summed E-state index contributed by atoms with van der Waals surface area (Å²) in [5.41, 5.74) is 3.22. The van der Waals surface area contributed by atoms with Gasteiger partial charge in [-0.15, -0.1) is 0 Å². The summed E-state index contributed by atoms with van der Waals surface area (Å²) in [5.74, 6) is -1.08. The van der Waals surface area contributed by atoms with Gasteiger partial charge in [0.05, 0.1) is 6.10 Å². The number of ether oxygens (including phenoxy) is 1. The molecule has 1 unspecified atom stereocenters. The third-order valence-corrected chi connectivity index (χ3v) is 5.20. The highest BCUT2D eigenvalue weighted by atomic mass is 79.9. The van der Waals surface area contributed by atoms with Gasteiger partial charge >= 0.3 is 5.97 Å². The molecule has 0 aromatic heterocycles. The van der Waals surface area contributed by atoms with E-state index in [4.69, 9.17) is 4.74 Å². The zero-order valence-corrected chi connectivity index (χ0v) is 16.3. The van der Waals surface area contributed by atoms with E-state index in [9.17, 15) is 9.59 Å². The zero-order valence-electron chi connectivity index (χ0n) is 14.7. The number of carbonyl (C=O) groups excluding carboxylic acids is 2. The van der Waals surface area contributed by atoms with E-state index in [2.05, 4.69) is 20.9 Å². The number of allylic oxidation sites excluding steroid dienone is 2. The van der Waals surface area contributed by atoms with Crippen molar-refractivity contribution in [2.75, 3.05) is 0 Å². The Bertz CT molecular complexity index is 762. The van der Waals surface area contributed by atoms with E-state index in [0.29, 0.717) is 12.0 Å². The third-order valence-electron chi connectivity index (χ3n) is 4.67. The Balaban J connectivity index is 2.12. The highest BCUT2D eigenvalue weighted by Crippen LogP contribution is 2.43. The fraction of sp³-hybridized carbons (Fsp3) is 0.450. The maximum Gasteiger partial charge on any atom is 0.315 e. The predicted octanol–water partition coefficient (Wildman–Crippen LogP) is 4.58. The standard InChI is InChI=1S/C20H22BrNO3/c1-11(2)25-20(24)17-12(3)22-15-5-4-6-16(23)19(15)18(17)13-7-9-14(21)10-8-13/h7-11,17-18H,4-6H2,1-3H3/t17?,18-/m1/s1. The van der Waals surface area contributed by atoms with Crippen LogP contribution in [-0.2, 0) is 14.3 Å². The monoisotopic (exact) mass is 403 g/mol. The number of rotatable bonds is 3. The number of hydrogen-bond donors (Lipinski definition) is 0. The largest absolute Gasteiger partial charge is 0.462 e. The molecule has 132 valence electrons. The minimum atomic E-state index is -0.552. The molecule has 0 bridgehead atoms. The molecule has 4 nitrogen and oxygen atoms in total. The van der Waals surface area contributed by atoms with Gasteiger partial charge in [0.1, 0.15) is 5.92 Å². The lowest BCUT2D eigenvalue weighted by molar-refractivity contribution is -0.150. The van der Waals surface area contributed by atoms with E-state index in [1.54, 1.807) is 0 Å². The second-order valence-corrected chi connectivity index (χ2v) is 7.80. The number of benzene rings is 1. The van der Waals surface area contributed by atoms with Crippen molar-refractivity contribution in [3.63, 3.8) is 0 Å². The van der Waals surface area contributed by atoms with E-state index in [-0.39, 0.29) is 23.8 Å². The summed E-state index contributed by atoms with van der Waals surface area (Å²) >= 11 is 3.44. The maximum absolute atomic E-state index is 12.8. The summed E-state index contributed by atoms with van der Waals surface area (Å²) in [5, 5.41) is 0. The van der Waals surface area contributed by atoms with Crippen molar-refractivity contribution in [1.82, 2.24) is 0 Å². The van der Waals surface area contributed by atoms with Crippen molar-refractivity contribution in [2.45, 2.75) is 52.1 Å². The molecule has 25 heavy (non-hydrogen) atoms. The molecule has 0 saturated carbocycles. The van der Waals surface area contributed by atoms with Crippen molar-refractivity contribution in [3.05, 3.63) is 45.6 Å². The van der Waals surface area contributed by atoms with Crippen LogP contribution in [0.4, 0.5) is 0 Å². The van der Waals surface area contributed by atoms with Gasteiger partial charge in [-0.2, -0.15) is 0 Å². The van der Waals surface area contributed by atoms with Crippen LogP contribution in [0.1, 0.15) is 51.5 Å². The smallest absolute Gasteiger partial charge is 0.315 e. The van der Waals surface area contributed by atoms with Gasteiger partial charge in [0.2, 0.25) is 0 Å². The molecule has 1 heterocycles. The molecule has 0 radical (unpaired) electrons. The molecule has 2 aliphatic rings. The molecular weight excluding hydrogens is 382 g/mol. The Morgan fingerprint density at radius 3 is 2.56 bits per heavy atom. The van der Waals surface area contributed by atoms with E-state index in [1.165, 1.54) is 0 Å². The normalized spacial score (nSPS) is 23.4. The fourth-order valence-electron chi connectivity index (χ4n) is 3.65. The molecule has 1 aromatic rings. The van der Waals surface area contributed by atoms with Gasteiger partial charge in [-0.3, -0.25) is 14.6 Å². The zero-order chi connectivity index (χ0) is 18.1. The van der Waals surface area contributed by atoms with Crippen LogP contribution in [-0.4, -0.2) is 23.6 Å². The van der Waals surface area contributed by atoms with Gasteiger partial charge in [0.15, 0.2) is 5.78 Å². The van der Waals surface area contributed by atoms with Gasteiger partial charge in [-0.25, -0.2) is 0 Å². The van der Waals surface area contributed by atoms with E-state index >= 15 is 0 Å². The first-order chi connectivity index (χ1) is 11.9. The van der Waals surface area contributed by atoms with Crippen LogP contribution < -0.4 is 0 Å². The highest BCUT2D eigenvalue weighted by molar-refractivity contribution is 9.10. The first-order valence-electron chi connectivity index (χ1n) is 8.66. The number of esters is 1. The summed E-state index contributed by atoms with van der Waals surface area (Å²) in [4.78, 5) is 30.1. The number of nitrogens with zero attached hydrogens (tertiary/aromatic N) is 1. The SMILES string of the molecule is CC1=NC2=C(C(=O)CCC2)[C@H](c2ccc(Br)cc2)C1C(=O)OC(C)C. The number of carbonyl (C=O) groups is 2. The Morgan fingerprint density at radius 2 is 1.92 bits per heavy atom. The van der Waals surface area contributed by atoms with E-state index in [0.717, 1.165) is 34.3 Å². The van der Waals surface area contributed by atoms with Crippen molar-refractivity contribution in [3.8, 4) is 0 Å². The second-order valence-electron chi connectivity index (χ2n) is 6.88. The van der Waals surface area contributed by atoms with Gasteiger partial charge < -0.3 is 4.74 Å². The second kappa shape index (κ2) is 7.24. The maximum atomic E-state index is 12.8. The Kier molecular flexibility index (Phi) is 5.23. The molecule has 2 atom stereocenters. The quantitative estimate of drug-likeness (QED) is 0.693. The third kappa shape index (κ3) is 3.61. The van der Waals surface area contributed by atoms with Crippen LogP contribution in [0.15, 0.2) is 45.0 Å². The van der Waals surface area contributed by atoms with Gasteiger partial charge in [0, 0.05) is 33.8 Å². The summed E-state index contributed by atoms with van der Waals surface area (Å²) in [7, 11) is 0. The number of halogens is 1. The fourth-order valence-corrected chi connectivity index (χ4v) is 3.91. The van der Waals surface area contributed by atoms with Crippen LogP contribution >= 0.6 is 15.9 Å². The Morgan fingerprint density at radius 1 is 1.24 bits per heavy atom.